The Labute approximate surface area is 122 Å². The Balaban J connectivity index is 1.53. The topological polar surface area (TPSA) is 24.5 Å². The van der Waals surface area contributed by atoms with Crippen LogP contribution >= 0.6 is 0 Å². The molecule has 3 unspecified atom stereocenters. The van der Waals surface area contributed by atoms with Crippen LogP contribution in [0.1, 0.15) is 32.3 Å². The Morgan fingerprint density at radius 3 is 2.95 bits per heavy atom. The van der Waals surface area contributed by atoms with E-state index in [1.54, 1.807) is 0 Å². The fourth-order valence-electron chi connectivity index (χ4n) is 3.58. The average molecular weight is 274 g/mol. The van der Waals surface area contributed by atoms with Gasteiger partial charge in [0.2, 0.25) is 0 Å². The first kappa shape index (κ1) is 13.9. The van der Waals surface area contributed by atoms with Crippen LogP contribution in [0.3, 0.4) is 0 Å². The molecule has 20 heavy (non-hydrogen) atoms. The van der Waals surface area contributed by atoms with Gasteiger partial charge in [0.05, 0.1) is 0 Å². The Hall–Kier alpha value is -1.06. The monoisotopic (exact) mass is 274 g/mol. The minimum absolute atomic E-state index is 0.338. The molecule has 1 fully saturated rings. The van der Waals surface area contributed by atoms with E-state index in [9.17, 15) is 0 Å². The number of ether oxygens (including phenoxy) is 1. The van der Waals surface area contributed by atoms with Crippen LogP contribution in [-0.2, 0) is 6.42 Å². The first-order valence-corrected chi connectivity index (χ1v) is 7.98. The number of benzene rings is 1. The molecule has 2 heterocycles. The Morgan fingerprint density at radius 1 is 1.35 bits per heavy atom. The van der Waals surface area contributed by atoms with Crippen LogP contribution in [0.25, 0.3) is 0 Å². The molecule has 3 rings (SSSR count). The molecule has 3 heteroatoms. The maximum absolute atomic E-state index is 6.08. The van der Waals surface area contributed by atoms with Crippen LogP contribution in [0.15, 0.2) is 24.3 Å². The van der Waals surface area contributed by atoms with Crippen LogP contribution in [0.4, 0.5) is 0 Å². The molecular weight excluding hydrogens is 248 g/mol. The summed E-state index contributed by atoms with van der Waals surface area (Å²) in [5.41, 5.74) is 1.37. The second-order valence-electron chi connectivity index (χ2n) is 6.17. The zero-order chi connectivity index (χ0) is 13.9. The van der Waals surface area contributed by atoms with Gasteiger partial charge in [-0.15, -0.1) is 0 Å². The number of fused-ring (bicyclic) bond motifs is 1. The number of hydrogen-bond donors (Lipinski definition) is 1. The van der Waals surface area contributed by atoms with Gasteiger partial charge in [0.25, 0.3) is 0 Å². The second-order valence-corrected chi connectivity index (χ2v) is 6.17. The highest BCUT2D eigenvalue weighted by molar-refractivity contribution is 5.37. The van der Waals surface area contributed by atoms with Crippen molar-refractivity contribution in [1.29, 1.82) is 0 Å². The molecule has 1 aromatic carbocycles. The van der Waals surface area contributed by atoms with Gasteiger partial charge in [0.15, 0.2) is 0 Å². The number of nitrogens with zero attached hydrogens (tertiary/aromatic N) is 1. The maximum atomic E-state index is 6.08. The van der Waals surface area contributed by atoms with Gasteiger partial charge in [0.1, 0.15) is 11.9 Å². The molecule has 0 amide bonds. The summed E-state index contributed by atoms with van der Waals surface area (Å²) in [5, 5.41) is 3.59. The van der Waals surface area contributed by atoms with E-state index < -0.39 is 0 Å². The number of para-hydroxylation sites is 1. The molecule has 0 saturated carbocycles. The molecule has 2 aliphatic heterocycles. The summed E-state index contributed by atoms with van der Waals surface area (Å²) in [6.45, 7) is 7.88. The van der Waals surface area contributed by atoms with Gasteiger partial charge in [-0.25, -0.2) is 0 Å². The maximum Gasteiger partial charge on any atom is 0.123 e. The third-order valence-electron chi connectivity index (χ3n) is 4.66. The van der Waals surface area contributed by atoms with Crippen LogP contribution in [-0.4, -0.2) is 42.7 Å². The van der Waals surface area contributed by atoms with Crippen LogP contribution in [0.5, 0.6) is 5.75 Å². The lowest BCUT2D eigenvalue weighted by atomic mass is 9.97. The lowest BCUT2D eigenvalue weighted by Gasteiger charge is -2.39. The first-order chi connectivity index (χ1) is 9.76. The fourth-order valence-corrected chi connectivity index (χ4v) is 3.58. The lowest BCUT2D eigenvalue weighted by Crippen LogP contribution is -2.50. The van der Waals surface area contributed by atoms with E-state index in [0.717, 1.165) is 25.3 Å². The molecule has 3 atom stereocenters. The molecule has 0 aliphatic carbocycles. The smallest absolute Gasteiger partial charge is 0.123 e. The van der Waals surface area contributed by atoms with Crippen molar-refractivity contribution in [1.82, 2.24) is 10.2 Å². The number of hydrogen-bond acceptors (Lipinski definition) is 3. The van der Waals surface area contributed by atoms with E-state index in [2.05, 4.69) is 48.3 Å². The molecule has 0 spiro atoms. The third kappa shape index (κ3) is 2.99. The SMILES string of the molecule is CCNC1CCN(CC2Cc3ccccc3O2)C(C)C1. The second kappa shape index (κ2) is 6.15. The zero-order valence-corrected chi connectivity index (χ0v) is 12.6. The molecule has 1 N–H and O–H groups in total. The van der Waals surface area contributed by atoms with Crippen molar-refractivity contribution in [3.05, 3.63) is 29.8 Å². The van der Waals surface area contributed by atoms with Gasteiger partial charge in [0, 0.05) is 31.6 Å². The van der Waals surface area contributed by atoms with E-state index in [4.69, 9.17) is 4.74 Å². The van der Waals surface area contributed by atoms with Crippen molar-refractivity contribution in [2.24, 2.45) is 0 Å². The predicted octanol–water partition coefficient (Wildman–Crippen LogP) is 2.45. The quantitative estimate of drug-likeness (QED) is 0.913. The van der Waals surface area contributed by atoms with Crippen molar-refractivity contribution in [2.45, 2.75) is 51.3 Å². The van der Waals surface area contributed by atoms with E-state index in [-0.39, 0.29) is 0 Å². The average Bonchev–Trinajstić information content (AvgIpc) is 2.84. The van der Waals surface area contributed by atoms with Gasteiger partial charge in [-0.2, -0.15) is 0 Å². The van der Waals surface area contributed by atoms with Crippen LogP contribution in [0, 0.1) is 0 Å². The van der Waals surface area contributed by atoms with Crippen molar-refractivity contribution in [2.75, 3.05) is 19.6 Å². The predicted molar refractivity (Wildman–Crippen MR) is 82.3 cm³/mol. The van der Waals surface area contributed by atoms with Crippen LogP contribution < -0.4 is 10.1 Å². The van der Waals surface area contributed by atoms with Crippen molar-refractivity contribution >= 4 is 0 Å². The van der Waals surface area contributed by atoms with Crippen LogP contribution in [0.2, 0.25) is 0 Å². The lowest BCUT2D eigenvalue weighted by molar-refractivity contribution is 0.0855. The molecule has 110 valence electrons. The molecule has 0 radical (unpaired) electrons. The largest absolute Gasteiger partial charge is 0.488 e. The van der Waals surface area contributed by atoms with Gasteiger partial charge >= 0.3 is 0 Å². The first-order valence-electron chi connectivity index (χ1n) is 7.98. The molecule has 3 nitrogen and oxygen atoms in total. The number of likely N-dealkylation sites (tertiary alicyclic amines) is 1. The summed E-state index contributed by atoms with van der Waals surface area (Å²) in [6.07, 6.45) is 3.92. The summed E-state index contributed by atoms with van der Waals surface area (Å²) in [6, 6.07) is 9.81. The number of nitrogens with one attached hydrogen (secondary N) is 1. The third-order valence-corrected chi connectivity index (χ3v) is 4.66. The molecular formula is C17H26N2O. The summed E-state index contributed by atoms with van der Waals surface area (Å²) in [5.74, 6) is 1.09. The minimum Gasteiger partial charge on any atom is -0.488 e. The van der Waals surface area contributed by atoms with Crippen molar-refractivity contribution in [3.63, 3.8) is 0 Å². The summed E-state index contributed by atoms with van der Waals surface area (Å²) < 4.78 is 6.08. The standard InChI is InChI=1S/C17H26N2O/c1-3-18-15-8-9-19(13(2)10-15)12-16-11-14-6-4-5-7-17(14)20-16/h4-7,13,15-16,18H,3,8-12H2,1-2H3. The minimum atomic E-state index is 0.338. The summed E-state index contributed by atoms with van der Waals surface area (Å²) in [4.78, 5) is 2.60. The van der Waals surface area contributed by atoms with E-state index >= 15 is 0 Å². The van der Waals surface area contributed by atoms with Gasteiger partial charge < -0.3 is 10.1 Å². The van der Waals surface area contributed by atoms with Gasteiger partial charge in [-0.05, 0) is 37.9 Å². The molecule has 1 saturated heterocycles. The number of piperidine rings is 1. The van der Waals surface area contributed by atoms with Crippen molar-refractivity contribution in [3.8, 4) is 5.75 Å². The highest BCUT2D eigenvalue weighted by Gasteiger charge is 2.30. The highest BCUT2D eigenvalue weighted by Crippen LogP contribution is 2.29. The van der Waals surface area contributed by atoms with Crippen molar-refractivity contribution < 1.29 is 4.74 Å². The van der Waals surface area contributed by atoms with Gasteiger partial charge in [-0.1, -0.05) is 25.1 Å². The van der Waals surface area contributed by atoms with E-state index in [1.807, 2.05) is 0 Å². The highest BCUT2D eigenvalue weighted by atomic mass is 16.5. The molecule has 2 aliphatic rings. The summed E-state index contributed by atoms with van der Waals surface area (Å²) in [7, 11) is 0. The normalized spacial score (nSPS) is 30.0. The Kier molecular flexibility index (Phi) is 4.27. The van der Waals surface area contributed by atoms with E-state index in [1.165, 1.54) is 24.9 Å². The Morgan fingerprint density at radius 2 is 2.20 bits per heavy atom. The summed E-state index contributed by atoms with van der Waals surface area (Å²) >= 11 is 0. The molecule has 0 aromatic heterocycles. The van der Waals surface area contributed by atoms with Gasteiger partial charge in [-0.3, -0.25) is 4.90 Å². The Bertz CT molecular complexity index is 423. The number of rotatable bonds is 4. The fraction of sp³-hybridized carbons (Fsp3) is 0.647. The molecule has 0 bridgehead atoms. The molecule has 1 aromatic rings. The van der Waals surface area contributed by atoms with E-state index in [0.29, 0.717) is 18.2 Å². The zero-order valence-electron chi connectivity index (χ0n) is 12.6.